The van der Waals surface area contributed by atoms with Gasteiger partial charge in [0.1, 0.15) is 12.1 Å². The number of aldehydes is 1. The third-order valence-electron chi connectivity index (χ3n) is 1.48. The fourth-order valence-corrected chi connectivity index (χ4v) is 1.24. The summed E-state index contributed by atoms with van der Waals surface area (Å²) in [4.78, 5) is 10.3. The van der Waals surface area contributed by atoms with E-state index >= 15 is 0 Å². The number of hydrogen-bond donors (Lipinski definition) is 0. The van der Waals surface area contributed by atoms with Crippen LogP contribution < -0.4 is 0 Å². The Morgan fingerprint density at radius 1 is 1.55 bits per heavy atom. The molecule has 1 aromatic rings. The van der Waals surface area contributed by atoms with Gasteiger partial charge in [-0.3, -0.25) is 4.79 Å². The smallest absolute Gasteiger partial charge is 0.150 e. The summed E-state index contributed by atoms with van der Waals surface area (Å²) in [7, 11) is 0. The summed E-state index contributed by atoms with van der Waals surface area (Å²) in [5.74, 6) is -0.360. The number of rotatable bonds is 1. The molecule has 0 saturated carbocycles. The number of benzene rings is 1. The van der Waals surface area contributed by atoms with Crippen molar-refractivity contribution in [1.82, 2.24) is 0 Å². The van der Waals surface area contributed by atoms with Crippen LogP contribution in [0.2, 0.25) is 0 Å². The molecule has 0 atom stereocenters. The van der Waals surface area contributed by atoms with E-state index in [0.29, 0.717) is 21.9 Å². The van der Waals surface area contributed by atoms with Crippen LogP contribution in [0.5, 0.6) is 0 Å². The van der Waals surface area contributed by atoms with Crippen LogP contribution in [0.15, 0.2) is 16.6 Å². The van der Waals surface area contributed by atoms with Crippen LogP contribution in [0.1, 0.15) is 15.9 Å². The first kappa shape index (κ1) is 8.40. The Balaban J connectivity index is 3.35. The van der Waals surface area contributed by atoms with Gasteiger partial charge in [0, 0.05) is 10.0 Å². The van der Waals surface area contributed by atoms with Crippen molar-refractivity contribution in [2.24, 2.45) is 0 Å². The van der Waals surface area contributed by atoms with Gasteiger partial charge in [-0.15, -0.1) is 0 Å². The van der Waals surface area contributed by atoms with Crippen molar-refractivity contribution in [3.8, 4) is 0 Å². The minimum Gasteiger partial charge on any atom is -0.298 e. The van der Waals surface area contributed by atoms with Crippen molar-refractivity contribution < 1.29 is 9.18 Å². The molecule has 1 rings (SSSR count). The van der Waals surface area contributed by atoms with Crippen LogP contribution in [0.25, 0.3) is 0 Å². The second kappa shape index (κ2) is 3.13. The van der Waals surface area contributed by atoms with Gasteiger partial charge in [0.05, 0.1) is 0 Å². The molecule has 0 aliphatic rings. The summed E-state index contributed by atoms with van der Waals surface area (Å²) in [6.45, 7) is 1.57. The predicted octanol–water partition coefficient (Wildman–Crippen LogP) is 2.71. The Morgan fingerprint density at radius 3 is 2.73 bits per heavy atom. The molecule has 0 heterocycles. The molecule has 0 spiro atoms. The van der Waals surface area contributed by atoms with Gasteiger partial charge in [0.2, 0.25) is 0 Å². The van der Waals surface area contributed by atoms with Crippen LogP contribution in [0.4, 0.5) is 4.39 Å². The Morgan fingerprint density at radius 2 is 2.18 bits per heavy atom. The molecule has 1 aromatic carbocycles. The number of carbonyl (C=O) groups is 1. The van der Waals surface area contributed by atoms with Gasteiger partial charge in [0.25, 0.3) is 0 Å². The van der Waals surface area contributed by atoms with Crippen LogP contribution in [0.3, 0.4) is 0 Å². The first-order chi connectivity index (χ1) is 5.15. The number of hydrogen-bond acceptors (Lipinski definition) is 1. The van der Waals surface area contributed by atoms with E-state index in [1.807, 2.05) is 0 Å². The Hall–Kier alpha value is -0.700. The Bertz CT molecular complexity index is 296. The molecule has 58 valence electrons. The maximum absolute atomic E-state index is 12.8. The topological polar surface area (TPSA) is 17.1 Å². The van der Waals surface area contributed by atoms with Crippen molar-refractivity contribution in [2.75, 3.05) is 0 Å². The molecule has 0 N–H and O–H groups in total. The summed E-state index contributed by atoms with van der Waals surface area (Å²) >= 11 is 3.09. The van der Waals surface area contributed by atoms with Crippen LogP contribution in [-0.4, -0.2) is 6.29 Å². The molecule has 0 amide bonds. The normalized spacial score (nSPS) is 9.73. The molecule has 1 nitrogen and oxygen atoms in total. The van der Waals surface area contributed by atoms with Crippen molar-refractivity contribution in [1.29, 1.82) is 0 Å². The predicted molar refractivity (Wildman–Crippen MR) is 44.2 cm³/mol. The molecule has 3 heteroatoms. The van der Waals surface area contributed by atoms with Crippen LogP contribution in [0, 0.1) is 12.7 Å². The van der Waals surface area contributed by atoms with E-state index < -0.39 is 0 Å². The van der Waals surface area contributed by atoms with Gasteiger partial charge in [-0.1, -0.05) is 15.9 Å². The van der Waals surface area contributed by atoms with E-state index in [1.165, 1.54) is 6.07 Å². The second-order valence-corrected chi connectivity index (χ2v) is 3.14. The number of halogens is 2. The lowest BCUT2D eigenvalue weighted by Gasteiger charge is -1.99. The highest BCUT2D eigenvalue weighted by Gasteiger charge is 2.03. The molecule has 0 unspecified atom stereocenters. The van der Waals surface area contributed by atoms with Crippen LogP contribution >= 0.6 is 15.9 Å². The zero-order valence-electron chi connectivity index (χ0n) is 5.90. The molecule has 0 aliphatic carbocycles. The van der Waals surface area contributed by atoms with Gasteiger partial charge >= 0.3 is 0 Å². The Labute approximate surface area is 72.4 Å². The van der Waals surface area contributed by atoms with E-state index in [9.17, 15) is 9.18 Å². The maximum atomic E-state index is 12.8. The van der Waals surface area contributed by atoms with Crippen molar-refractivity contribution in [3.63, 3.8) is 0 Å². The fraction of sp³-hybridized carbons (Fsp3) is 0.125. The van der Waals surface area contributed by atoms with Crippen molar-refractivity contribution in [3.05, 3.63) is 33.5 Å². The van der Waals surface area contributed by atoms with Gasteiger partial charge in [-0.25, -0.2) is 4.39 Å². The van der Waals surface area contributed by atoms with E-state index in [4.69, 9.17) is 0 Å². The minimum atomic E-state index is -0.360. The molecule has 0 bridgehead atoms. The standard InChI is InChI=1S/C8H6BrFO/c1-5-6(4-11)2-7(9)3-8(5)10/h2-4H,1H3. The monoisotopic (exact) mass is 216 g/mol. The zero-order valence-corrected chi connectivity index (χ0v) is 7.48. The van der Waals surface area contributed by atoms with Crippen molar-refractivity contribution >= 4 is 22.2 Å². The maximum Gasteiger partial charge on any atom is 0.150 e. The molecule has 11 heavy (non-hydrogen) atoms. The van der Waals surface area contributed by atoms with Gasteiger partial charge in [0.15, 0.2) is 0 Å². The van der Waals surface area contributed by atoms with Gasteiger partial charge in [-0.2, -0.15) is 0 Å². The molecule has 0 saturated heterocycles. The lowest BCUT2D eigenvalue weighted by atomic mass is 10.1. The van der Waals surface area contributed by atoms with E-state index in [-0.39, 0.29) is 5.82 Å². The molecular weight excluding hydrogens is 211 g/mol. The van der Waals surface area contributed by atoms with E-state index in [0.717, 1.165) is 0 Å². The second-order valence-electron chi connectivity index (χ2n) is 2.22. The van der Waals surface area contributed by atoms with E-state index in [2.05, 4.69) is 15.9 Å². The third-order valence-corrected chi connectivity index (χ3v) is 1.93. The average molecular weight is 217 g/mol. The van der Waals surface area contributed by atoms with E-state index in [1.54, 1.807) is 13.0 Å². The SMILES string of the molecule is Cc1c(F)cc(Br)cc1C=O. The first-order valence-corrected chi connectivity index (χ1v) is 3.85. The molecule has 0 aromatic heterocycles. The number of carbonyl (C=O) groups excluding carboxylic acids is 1. The highest BCUT2D eigenvalue weighted by atomic mass is 79.9. The first-order valence-electron chi connectivity index (χ1n) is 3.06. The molecule has 0 radical (unpaired) electrons. The zero-order chi connectivity index (χ0) is 8.43. The minimum absolute atomic E-state index is 0.360. The lowest BCUT2D eigenvalue weighted by Crippen LogP contribution is -1.90. The highest BCUT2D eigenvalue weighted by molar-refractivity contribution is 9.10. The quantitative estimate of drug-likeness (QED) is 0.661. The summed E-state index contributed by atoms with van der Waals surface area (Å²) in [5.41, 5.74) is 0.778. The molecular formula is C8H6BrFO. The largest absolute Gasteiger partial charge is 0.298 e. The van der Waals surface area contributed by atoms with Gasteiger partial charge < -0.3 is 0 Å². The fourth-order valence-electron chi connectivity index (χ4n) is 0.788. The molecule has 0 fully saturated rings. The average Bonchev–Trinajstić information content (AvgIpc) is 1.96. The van der Waals surface area contributed by atoms with Crippen LogP contribution in [-0.2, 0) is 0 Å². The third kappa shape index (κ3) is 1.66. The summed E-state index contributed by atoms with van der Waals surface area (Å²) in [5, 5.41) is 0. The summed E-state index contributed by atoms with van der Waals surface area (Å²) in [6.07, 6.45) is 0.642. The van der Waals surface area contributed by atoms with Crippen molar-refractivity contribution in [2.45, 2.75) is 6.92 Å². The lowest BCUT2D eigenvalue weighted by molar-refractivity contribution is 0.112. The Kier molecular flexibility index (Phi) is 2.39. The highest BCUT2D eigenvalue weighted by Crippen LogP contribution is 2.18. The molecule has 0 aliphatic heterocycles. The van der Waals surface area contributed by atoms with Gasteiger partial charge in [-0.05, 0) is 24.6 Å². The summed E-state index contributed by atoms with van der Waals surface area (Å²) < 4.78 is 13.4. The summed E-state index contributed by atoms with van der Waals surface area (Å²) in [6, 6.07) is 2.92.